The molecule has 122 valence electrons. The molecule has 1 N–H and O–H groups in total. The standard InChI is InChI=1S/C17H30N2O.ClH/c1-13(14-7-4-8-18-10-14)9-17(20)19-11-15-5-2-3-6-16(15)12-19;/h13-16,18H,2-12H2,1H3;1H. The van der Waals surface area contributed by atoms with Crippen LogP contribution < -0.4 is 5.32 Å². The van der Waals surface area contributed by atoms with Crippen LogP contribution >= 0.6 is 12.4 Å². The molecule has 4 heteroatoms. The van der Waals surface area contributed by atoms with Gasteiger partial charge in [0, 0.05) is 19.5 Å². The van der Waals surface area contributed by atoms with Crippen LogP contribution in [0.2, 0.25) is 0 Å². The van der Waals surface area contributed by atoms with Gasteiger partial charge in [-0.25, -0.2) is 0 Å². The Morgan fingerprint density at radius 2 is 1.81 bits per heavy atom. The Bertz CT molecular complexity index is 330. The molecule has 1 amide bonds. The SMILES string of the molecule is CC(CC(=O)N1CC2CCCCC2C1)C1CCCNC1.Cl. The van der Waals surface area contributed by atoms with Crippen molar-refractivity contribution in [2.24, 2.45) is 23.7 Å². The van der Waals surface area contributed by atoms with Crippen molar-refractivity contribution in [2.75, 3.05) is 26.2 Å². The van der Waals surface area contributed by atoms with Crippen molar-refractivity contribution in [3.05, 3.63) is 0 Å². The van der Waals surface area contributed by atoms with Crippen molar-refractivity contribution in [3.63, 3.8) is 0 Å². The first-order valence-corrected chi connectivity index (χ1v) is 8.72. The number of likely N-dealkylation sites (tertiary alicyclic amines) is 1. The van der Waals surface area contributed by atoms with E-state index in [2.05, 4.69) is 17.1 Å². The molecule has 1 aliphatic carbocycles. The number of amides is 1. The summed E-state index contributed by atoms with van der Waals surface area (Å²) in [4.78, 5) is 14.7. The van der Waals surface area contributed by atoms with Gasteiger partial charge in [0.05, 0.1) is 0 Å². The van der Waals surface area contributed by atoms with E-state index >= 15 is 0 Å². The second-order valence-electron chi connectivity index (χ2n) is 7.39. The molecule has 4 unspecified atom stereocenters. The Kier molecular flexibility index (Phi) is 6.36. The van der Waals surface area contributed by atoms with Gasteiger partial charge in [0.2, 0.25) is 5.91 Å². The number of nitrogens with zero attached hydrogens (tertiary/aromatic N) is 1. The first-order chi connectivity index (χ1) is 9.74. The molecule has 0 radical (unpaired) electrons. The summed E-state index contributed by atoms with van der Waals surface area (Å²) in [6.07, 6.45) is 8.82. The molecule has 3 fully saturated rings. The molecule has 0 aromatic heterocycles. The van der Waals surface area contributed by atoms with Gasteiger partial charge in [0.15, 0.2) is 0 Å². The fourth-order valence-electron chi connectivity index (χ4n) is 4.55. The zero-order valence-corrected chi connectivity index (χ0v) is 14.2. The van der Waals surface area contributed by atoms with Crippen LogP contribution in [0.5, 0.6) is 0 Å². The van der Waals surface area contributed by atoms with E-state index in [1.807, 2.05) is 0 Å². The molecule has 2 heterocycles. The van der Waals surface area contributed by atoms with Crippen LogP contribution in [-0.2, 0) is 4.79 Å². The van der Waals surface area contributed by atoms with E-state index in [4.69, 9.17) is 0 Å². The zero-order chi connectivity index (χ0) is 13.9. The lowest BCUT2D eigenvalue weighted by atomic mass is 9.82. The summed E-state index contributed by atoms with van der Waals surface area (Å²) in [5, 5.41) is 3.47. The largest absolute Gasteiger partial charge is 0.342 e. The summed E-state index contributed by atoms with van der Waals surface area (Å²) >= 11 is 0. The molecule has 1 saturated carbocycles. The number of hydrogen-bond donors (Lipinski definition) is 1. The van der Waals surface area contributed by atoms with Gasteiger partial charge in [-0.15, -0.1) is 12.4 Å². The summed E-state index contributed by atoms with van der Waals surface area (Å²) in [6.45, 7) is 6.66. The van der Waals surface area contributed by atoms with Gasteiger partial charge in [-0.3, -0.25) is 4.79 Å². The molecule has 21 heavy (non-hydrogen) atoms. The predicted molar refractivity (Wildman–Crippen MR) is 88.7 cm³/mol. The summed E-state index contributed by atoms with van der Waals surface area (Å²) < 4.78 is 0. The van der Waals surface area contributed by atoms with Crippen molar-refractivity contribution in [2.45, 2.75) is 51.9 Å². The van der Waals surface area contributed by atoms with Crippen LogP contribution in [0.1, 0.15) is 51.9 Å². The van der Waals surface area contributed by atoms with E-state index in [9.17, 15) is 4.79 Å². The second kappa shape index (κ2) is 7.82. The van der Waals surface area contributed by atoms with Crippen molar-refractivity contribution >= 4 is 18.3 Å². The highest BCUT2D eigenvalue weighted by Gasteiger charge is 2.36. The average Bonchev–Trinajstić information content (AvgIpc) is 2.92. The molecule has 0 spiro atoms. The molecule has 0 aromatic rings. The Morgan fingerprint density at radius 3 is 2.38 bits per heavy atom. The maximum absolute atomic E-state index is 12.5. The van der Waals surface area contributed by atoms with Crippen molar-refractivity contribution in [1.82, 2.24) is 10.2 Å². The lowest BCUT2D eigenvalue weighted by Crippen LogP contribution is -2.36. The minimum Gasteiger partial charge on any atom is -0.342 e. The number of piperidine rings is 1. The van der Waals surface area contributed by atoms with Gasteiger partial charge in [0.25, 0.3) is 0 Å². The smallest absolute Gasteiger partial charge is 0.222 e. The number of carbonyl (C=O) groups excluding carboxylic acids is 1. The van der Waals surface area contributed by atoms with Crippen LogP contribution in [0.4, 0.5) is 0 Å². The fraction of sp³-hybridized carbons (Fsp3) is 0.941. The lowest BCUT2D eigenvalue weighted by Gasteiger charge is -2.29. The molecule has 2 saturated heterocycles. The third-order valence-electron chi connectivity index (χ3n) is 5.97. The minimum atomic E-state index is 0. The van der Waals surface area contributed by atoms with Gasteiger partial charge in [0.1, 0.15) is 0 Å². The molecule has 3 rings (SSSR count). The second-order valence-corrected chi connectivity index (χ2v) is 7.39. The number of halogens is 1. The van der Waals surface area contributed by atoms with E-state index in [1.54, 1.807) is 0 Å². The predicted octanol–water partition coefficient (Wildman–Crippen LogP) is 3.08. The first-order valence-electron chi connectivity index (χ1n) is 8.72. The van der Waals surface area contributed by atoms with E-state index < -0.39 is 0 Å². The molecular weight excluding hydrogens is 284 g/mol. The van der Waals surface area contributed by atoms with Crippen LogP contribution in [0.25, 0.3) is 0 Å². The highest BCUT2D eigenvalue weighted by Crippen LogP contribution is 2.36. The summed E-state index contributed by atoms with van der Waals surface area (Å²) in [5.41, 5.74) is 0. The van der Waals surface area contributed by atoms with Crippen molar-refractivity contribution in [3.8, 4) is 0 Å². The highest BCUT2D eigenvalue weighted by molar-refractivity contribution is 5.85. The van der Waals surface area contributed by atoms with Gasteiger partial charge < -0.3 is 10.2 Å². The number of nitrogens with one attached hydrogen (secondary N) is 1. The van der Waals surface area contributed by atoms with E-state index in [1.165, 1.54) is 38.5 Å². The Balaban J connectivity index is 0.00000161. The summed E-state index contributed by atoms with van der Waals surface area (Å²) in [7, 11) is 0. The normalized spacial score (nSPS) is 34.0. The van der Waals surface area contributed by atoms with Crippen LogP contribution in [0.3, 0.4) is 0 Å². The minimum absolute atomic E-state index is 0. The van der Waals surface area contributed by atoms with Crippen LogP contribution in [0, 0.1) is 23.7 Å². The van der Waals surface area contributed by atoms with Crippen molar-refractivity contribution in [1.29, 1.82) is 0 Å². The van der Waals surface area contributed by atoms with Gasteiger partial charge >= 0.3 is 0 Å². The summed E-state index contributed by atoms with van der Waals surface area (Å²) in [6, 6.07) is 0. The monoisotopic (exact) mass is 314 g/mol. The average molecular weight is 315 g/mol. The van der Waals surface area contributed by atoms with E-state index in [0.717, 1.165) is 44.4 Å². The molecule has 2 aliphatic heterocycles. The third kappa shape index (κ3) is 4.13. The van der Waals surface area contributed by atoms with Gasteiger partial charge in [-0.1, -0.05) is 19.8 Å². The van der Waals surface area contributed by atoms with Gasteiger partial charge in [-0.05, 0) is 62.4 Å². The number of rotatable bonds is 3. The molecule has 3 aliphatic rings. The zero-order valence-electron chi connectivity index (χ0n) is 13.4. The maximum Gasteiger partial charge on any atom is 0.222 e. The Hall–Kier alpha value is -0.280. The Labute approximate surface area is 135 Å². The maximum atomic E-state index is 12.5. The number of carbonyl (C=O) groups is 1. The molecule has 4 atom stereocenters. The topological polar surface area (TPSA) is 32.3 Å². The molecule has 0 bridgehead atoms. The lowest BCUT2D eigenvalue weighted by molar-refractivity contribution is -0.131. The molecule has 3 nitrogen and oxygen atoms in total. The quantitative estimate of drug-likeness (QED) is 0.868. The Morgan fingerprint density at radius 1 is 1.14 bits per heavy atom. The fourth-order valence-corrected chi connectivity index (χ4v) is 4.55. The van der Waals surface area contributed by atoms with E-state index in [0.29, 0.717) is 17.7 Å². The summed E-state index contributed by atoms with van der Waals surface area (Å²) in [5.74, 6) is 3.31. The molecular formula is C17H31ClN2O. The number of hydrogen-bond acceptors (Lipinski definition) is 2. The van der Waals surface area contributed by atoms with Gasteiger partial charge in [-0.2, -0.15) is 0 Å². The number of fused-ring (bicyclic) bond motifs is 1. The van der Waals surface area contributed by atoms with Crippen LogP contribution in [0.15, 0.2) is 0 Å². The van der Waals surface area contributed by atoms with Crippen molar-refractivity contribution < 1.29 is 4.79 Å². The first kappa shape index (κ1) is 17.1. The third-order valence-corrected chi connectivity index (χ3v) is 5.97. The molecule has 0 aromatic carbocycles. The highest BCUT2D eigenvalue weighted by atomic mass is 35.5. The van der Waals surface area contributed by atoms with Crippen LogP contribution in [-0.4, -0.2) is 37.0 Å². The van der Waals surface area contributed by atoms with E-state index in [-0.39, 0.29) is 12.4 Å².